The first-order chi connectivity index (χ1) is 8.68. The Kier molecular flexibility index (Phi) is 2.93. The molecule has 2 unspecified atom stereocenters. The first-order valence-corrected chi connectivity index (χ1v) is 6.96. The number of ether oxygens (including phenoxy) is 1. The van der Waals surface area contributed by atoms with Crippen molar-refractivity contribution in [1.82, 2.24) is 9.78 Å². The second kappa shape index (κ2) is 4.46. The Morgan fingerprint density at radius 2 is 2.22 bits per heavy atom. The molecule has 5 heteroatoms. The van der Waals surface area contributed by atoms with E-state index in [1.54, 1.807) is 6.20 Å². The predicted octanol–water partition coefficient (Wildman–Crippen LogP) is 2.69. The number of nitrogens with two attached hydrogens (primary N) is 1. The lowest BCUT2D eigenvalue weighted by Gasteiger charge is -2.32. The minimum Gasteiger partial charge on any atom is -0.493 e. The summed E-state index contributed by atoms with van der Waals surface area (Å²) in [5, 5.41) is 4.42. The van der Waals surface area contributed by atoms with E-state index in [4.69, 9.17) is 10.5 Å². The third-order valence-electron chi connectivity index (χ3n) is 3.33. The topological polar surface area (TPSA) is 53.1 Å². The van der Waals surface area contributed by atoms with Crippen molar-refractivity contribution < 1.29 is 4.74 Å². The van der Waals surface area contributed by atoms with Crippen LogP contribution in [0.4, 0.5) is 5.82 Å². The largest absolute Gasteiger partial charge is 0.493 e. The number of nitrogens with zero attached hydrogens (tertiary/aromatic N) is 2. The molecule has 1 aliphatic rings. The SMILES string of the molecule is CC1COc2ccccc2C1n1ncc(I)c1N. The monoisotopic (exact) mass is 355 g/mol. The molecule has 1 aromatic heterocycles. The number of hydrogen-bond donors (Lipinski definition) is 1. The van der Waals surface area contributed by atoms with Crippen LogP contribution < -0.4 is 10.5 Å². The van der Waals surface area contributed by atoms with Gasteiger partial charge in [-0.1, -0.05) is 25.1 Å². The molecule has 0 bridgehead atoms. The summed E-state index contributed by atoms with van der Waals surface area (Å²) in [5.74, 6) is 2.01. The molecular weight excluding hydrogens is 341 g/mol. The van der Waals surface area contributed by atoms with Crippen LogP contribution in [0.1, 0.15) is 18.5 Å². The summed E-state index contributed by atoms with van der Waals surface area (Å²) < 4.78 is 8.65. The molecule has 18 heavy (non-hydrogen) atoms. The fourth-order valence-corrected chi connectivity index (χ4v) is 2.79. The van der Waals surface area contributed by atoms with E-state index in [0.717, 1.165) is 20.7 Å². The number of anilines is 1. The van der Waals surface area contributed by atoms with Crippen molar-refractivity contribution in [2.75, 3.05) is 12.3 Å². The van der Waals surface area contributed by atoms with Crippen LogP contribution in [0, 0.1) is 9.49 Å². The predicted molar refractivity (Wildman–Crippen MR) is 78.6 cm³/mol. The maximum absolute atomic E-state index is 6.10. The first-order valence-electron chi connectivity index (χ1n) is 5.88. The van der Waals surface area contributed by atoms with Crippen molar-refractivity contribution in [1.29, 1.82) is 0 Å². The van der Waals surface area contributed by atoms with Crippen LogP contribution in [0.25, 0.3) is 0 Å². The van der Waals surface area contributed by atoms with Crippen LogP contribution in [0.5, 0.6) is 5.75 Å². The molecular formula is C13H14IN3O. The van der Waals surface area contributed by atoms with E-state index in [1.165, 1.54) is 0 Å². The maximum Gasteiger partial charge on any atom is 0.135 e. The molecule has 94 valence electrons. The minimum atomic E-state index is 0.151. The van der Waals surface area contributed by atoms with E-state index in [9.17, 15) is 0 Å². The van der Waals surface area contributed by atoms with Gasteiger partial charge >= 0.3 is 0 Å². The van der Waals surface area contributed by atoms with E-state index < -0.39 is 0 Å². The number of rotatable bonds is 1. The van der Waals surface area contributed by atoms with Crippen LogP contribution >= 0.6 is 22.6 Å². The van der Waals surface area contributed by atoms with E-state index >= 15 is 0 Å². The molecule has 2 atom stereocenters. The van der Waals surface area contributed by atoms with Gasteiger partial charge in [-0.25, -0.2) is 4.68 Å². The Morgan fingerprint density at radius 3 is 2.94 bits per heavy atom. The van der Waals surface area contributed by atoms with E-state index in [0.29, 0.717) is 12.5 Å². The number of para-hydroxylation sites is 1. The summed E-state index contributed by atoms with van der Waals surface area (Å²) in [4.78, 5) is 0. The standard InChI is InChI=1S/C13H14IN3O/c1-8-7-18-11-5-3-2-4-9(11)12(8)17-13(15)10(14)6-16-17/h2-6,8,12H,7,15H2,1H3. The molecule has 2 N–H and O–H groups in total. The fraction of sp³-hybridized carbons (Fsp3) is 0.308. The van der Waals surface area contributed by atoms with Gasteiger partial charge in [0.1, 0.15) is 11.6 Å². The molecule has 2 aromatic rings. The third-order valence-corrected chi connectivity index (χ3v) is 4.16. The highest BCUT2D eigenvalue weighted by molar-refractivity contribution is 14.1. The molecule has 0 fully saturated rings. The van der Waals surface area contributed by atoms with Gasteiger partial charge < -0.3 is 10.5 Å². The lowest BCUT2D eigenvalue weighted by Crippen LogP contribution is -2.30. The van der Waals surface area contributed by atoms with E-state index in [1.807, 2.05) is 22.9 Å². The number of nitrogen functional groups attached to an aromatic ring is 1. The summed E-state index contributed by atoms with van der Waals surface area (Å²) in [5.41, 5.74) is 7.26. The smallest absolute Gasteiger partial charge is 0.135 e. The molecule has 0 spiro atoms. The third kappa shape index (κ3) is 1.77. The van der Waals surface area contributed by atoms with Gasteiger partial charge in [-0.3, -0.25) is 0 Å². The highest BCUT2D eigenvalue weighted by Gasteiger charge is 2.31. The molecule has 0 amide bonds. The van der Waals surface area contributed by atoms with Gasteiger partial charge in [0.05, 0.1) is 22.4 Å². The van der Waals surface area contributed by atoms with Gasteiger partial charge in [0.2, 0.25) is 0 Å². The summed E-state index contributed by atoms with van der Waals surface area (Å²) in [6.45, 7) is 2.85. The summed E-state index contributed by atoms with van der Waals surface area (Å²) in [6.07, 6.45) is 1.81. The van der Waals surface area contributed by atoms with Crippen molar-refractivity contribution in [2.45, 2.75) is 13.0 Å². The Morgan fingerprint density at radius 1 is 1.44 bits per heavy atom. The van der Waals surface area contributed by atoms with Crippen LogP contribution in [0.15, 0.2) is 30.5 Å². The van der Waals surface area contributed by atoms with E-state index in [-0.39, 0.29) is 6.04 Å². The normalized spacial score (nSPS) is 22.3. The summed E-state index contributed by atoms with van der Waals surface area (Å²) in [7, 11) is 0. The molecule has 0 radical (unpaired) electrons. The molecule has 0 saturated carbocycles. The lowest BCUT2D eigenvalue weighted by molar-refractivity contribution is 0.186. The molecule has 0 aliphatic carbocycles. The zero-order valence-corrected chi connectivity index (χ0v) is 12.2. The number of halogens is 1. The molecule has 1 aliphatic heterocycles. The van der Waals surface area contributed by atoms with Crippen LogP contribution in [-0.4, -0.2) is 16.4 Å². The van der Waals surface area contributed by atoms with Crippen molar-refractivity contribution in [3.8, 4) is 5.75 Å². The van der Waals surface area contributed by atoms with Crippen molar-refractivity contribution in [3.63, 3.8) is 0 Å². The van der Waals surface area contributed by atoms with Crippen LogP contribution in [0.2, 0.25) is 0 Å². The Bertz CT molecular complexity index is 581. The van der Waals surface area contributed by atoms with Gasteiger partial charge in [-0.2, -0.15) is 5.10 Å². The molecule has 3 rings (SSSR count). The maximum atomic E-state index is 6.10. The number of aromatic nitrogens is 2. The first kappa shape index (κ1) is 11.8. The second-order valence-corrected chi connectivity index (χ2v) is 5.76. The zero-order valence-electron chi connectivity index (χ0n) is 10.0. The Hall–Kier alpha value is -1.24. The van der Waals surface area contributed by atoms with Gasteiger partial charge in [0.25, 0.3) is 0 Å². The second-order valence-electron chi connectivity index (χ2n) is 4.59. The zero-order chi connectivity index (χ0) is 12.7. The average molecular weight is 355 g/mol. The highest BCUT2D eigenvalue weighted by atomic mass is 127. The van der Waals surface area contributed by atoms with Gasteiger partial charge in [-0.15, -0.1) is 0 Å². The van der Waals surface area contributed by atoms with E-state index in [2.05, 4.69) is 40.7 Å². The minimum absolute atomic E-state index is 0.151. The molecule has 0 saturated heterocycles. The molecule has 4 nitrogen and oxygen atoms in total. The highest BCUT2D eigenvalue weighted by Crippen LogP contribution is 2.38. The van der Waals surface area contributed by atoms with Crippen LogP contribution in [-0.2, 0) is 0 Å². The quantitative estimate of drug-likeness (QED) is 0.801. The Labute approximate surface area is 119 Å². The van der Waals surface area contributed by atoms with Gasteiger partial charge in [0, 0.05) is 11.5 Å². The Balaban J connectivity index is 2.13. The lowest BCUT2D eigenvalue weighted by atomic mass is 9.92. The summed E-state index contributed by atoms with van der Waals surface area (Å²) >= 11 is 2.21. The number of benzene rings is 1. The van der Waals surface area contributed by atoms with Crippen molar-refractivity contribution in [2.24, 2.45) is 5.92 Å². The van der Waals surface area contributed by atoms with Crippen molar-refractivity contribution >= 4 is 28.4 Å². The molecule has 2 heterocycles. The van der Waals surface area contributed by atoms with Gasteiger partial charge in [-0.05, 0) is 28.7 Å². The summed E-state index contributed by atoms with van der Waals surface area (Å²) in [6, 6.07) is 8.25. The molecule has 1 aromatic carbocycles. The average Bonchev–Trinajstić information content (AvgIpc) is 2.70. The fourth-order valence-electron chi connectivity index (χ4n) is 2.42. The van der Waals surface area contributed by atoms with Gasteiger partial charge in [0.15, 0.2) is 0 Å². The van der Waals surface area contributed by atoms with Crippen molar-refractivity contribution in [3.05, 3.63) is 39.6 Å². The number of fused-ring (bicyclic) bond motifs is 1. The number of hydrogen-bond acceptors (Lipinski definition) is 3. The van der Waals surface area contributed by atoms with Crippen LogP contribution in [0.3, 0.4) is 0 Å².